The molecule has 1 N–H and O–H groups in total. The molecule has 4 aromatic rings. The van der Waals surface area contributed by atoms with Gasteiger partial charge in [0.25, 0.3) is 0 Å². The maximum Gasteiger partial charge on any atom is 0.188 e. The summed E-state index contributed by atoms with van der Waals surface area (Å²) in [4.78, 5) is 15.4. The van der Waals surface area contributed by atoms with Crippen LogP contribution in [0.1, 0.15) is 25.5 Å². The van der Waals surface area contributed by atoms with E-state index in [1.165, 1.54) is 0 Å². The number of thiazole rings is 1. The molecule has 0 amide bonds. The van der Waals surface area contributed by atoms with Crippen molar-refractivity contribution in [2.24, 2.45) is 0 Å². The highest BCUT2D eigenvalue weighted by atomic mass is 32.2. The van der Waals surface area contributed by atoms with Gasteiger partial charge >= 0.3 is 0 Å². The first kappa shape index (κ1) is 19.4. The zero-order valence-electron chi connectivity index (χ0n) is 16.1. The molecule has 3 heterocycles. The summed E-state index contributed by atoms with van der Waals surface area (Å²) in [5.74, 6) is 2.42. The molecule has 0 unspecified atom stereocenters. The summed E-state index contributed by atoms with van der Waals surface area (Å²) in [6.45, 7) is 4.26. The molecule has 0 saturated heterocycles. The Morgan fingerprint density at radius 2 is 1.83 bits per heavy atom. The minimum absolute atomic E-state index is 0.383. The van der Waals surface area contributed by atoms with Gasteiger partial charge in [-0.15, -0.1) is 11.3 Å². The maximum absolute atomic E-state index is 6.14. The Morgan fingerprint density at radius 3 is 2.55 bits per heavy atom. The van der Waals surface area contributed by atoms with Gasteiger partial charge in [0.15, 0.2) is 16.7 Å². The topological polar surface area (TPSA) is 59.9 Å². The van der Waals surface area contributed by atoms with Crippen LogP contribution in [0.15, 0.2) is 82.3 Å². The van der Waals surface area contributed by atoms with E-state index in [1.807, 2.05) is 54.7 Å². The molecule has 3 aromatic heterocycles. The second-order valence-corrected chi connectivity index (χ2v) is 8.58. The minimum Gasteiger partial charge on any atom is -0.453 e. The number of benzene rings is 1. The number of rotatable bonds is 7. The molecule has 5 nitrogen and oxygen atoms in total. The first-order chi connectivity index (χ1) is 14.2. The van der Waals surface area contributed by atoms with Gasteiger partial charge in [0.2, 0.25) is 0 Å². The fraction of sp³-hybridized carbons (Fsp3) is 0.136. The second-order valence-electron chi connectivity index (χ2n) is 6.58. The lowest BCUT2D eigenvalue weighted by molar-refractivity contribution is 0.481. The van der Waals surface area contributed by atoms with E-state index in [-0.39, 0.29) is 0 Å². The van der Waals surface area contributed by atoms with Crippen LogP contribution in [0, 0.1) is 0 Å². The summed E-state index contributed by atoms with van der Waals surface area (Å²) in [5, 5.41) is 6.18. The smallest absolute Gasteiger partial charge is 0.188 e. The average Bonchev–Trinajstić information content (AvgIpc) is 3.21. The van der Waals surface area contributed by atoms with Crippen molar-refractivity contribution in [3.8, 4) is 11.5 Å². The van der Waals surface area contributed by atoms with Gasteiger partial charge in [-0.1, -0.05) is 43.8 Å². The number of nitrogens with one attached hydrogen (secondary N) is 1. The summed E-state index contributed by atoms with van der Waals surface area (Å²) in [5.41, 5.74) is 1.06. The molecule has 0 spiro atoms. The SMILES string of the molecule is CC(C)c1csc(Nc2ncc(Sc3ccncc3)cc2Oc2ccccc2)n1. The summed E-state index contributed by atoms with van der Waals surface area (Å²) in [7, 11) is 0. The highest BCUT2D eigenvalue weighted by Gasteiger charge is 2.13. The van der Waals surface area contributed by atoms with Crippen LogP contribution in [0.4, 0.5) is 10.9 Å². The Labute approximate surface area is 178 Å². The van der Waals surface area contributed by atoms with Crippen LogP contribution >= 0.6 is 23.1 Å². The van der Waals surface area contributed by atoms with Crippen molar-refractivity contribution in [1.82, 2.24) is 15.0 Å². The van der Waals surface area contributed by atoms with Crippen molar-refractivity contribution in [1.29, 1.82) is 0 Å². The molecule has 7 heteroatoms. The van der Waals surface area contributed by atoms with Gasteiger partial charge in [-0.25, -0.2) is 9.97 Å². The number of anilines is 2. The molecule has 1 aromatic carbocycles. The lowest BCUT2D eigenvalue weighted by Crippen LogP contribution is -1.98. The molecule has 0 saturated carbocycles. The predicted molar refractivity (Wildman–Crippen MR) is 119 cm³/mol. The largest absolute Gasteiger partial charge is 0.453 e. The second kappa shape index (κ2) is 9.07. The lowest BCUT2D eigenvalue weighted by Gasteiger charge is -2.12. The summed E-state index contributed by atoms with van der Waals surface area (Å²) in [6.07, 6.45) is 5.39. The van der Waals surface area contributed by atoms with E-state index >= 15 is 0 Å². The summed E-state index contributed by atoms with van der Waals surface area (Å²) >= 11 is 3.18. The minimum atomic E-state index is 0.383. The van der Waals surface area contributed by atoms with Gasteiger partial charge < -0.3 is 10.1 Å². The fourth-order valence-electron chi connectivity index (χ4n) is 2.52. The molecule has 0 bridgehead atoms. The van der Waals surface area contributed by atoms with Crippen LogP contribution in [0.5, 0.6) is 11.5 Å². The third-order valence-electron chi connectivity index (χ3n) is 4.02. The Kier molecular flexibility index (Phi) is 6.07. The number of para-hydroxylation sites is 1. The first-order valence-electron chi connectivity index (χ1n) is 9.20. The number of ether oxygens (including phenoxy) is 1. The van der Waals surface area contributed by atoms with Crippen molar-refractivity contribution in [2.45, 2.75) is 29.6 Å². The van der Waals surface area contributed by atoms with Gasteiger partial charge in [-0.2, -0.15) is 0 Å². The zero-order chi connectivity index (χ0) is 20.1. The van der Waals surface area contributed by atoms with E-state index in [0.29, 0.717) is 17.5 Å². The monoisotopic (exact) mass is 420 g/mol. The summed E-state index contributed by atoms with van der Waals surface area (Å²) in [6, 6.07) is 15.6. The molecule has 4 rings (SSSR count). The molecular weight excluding hydrogens is 400 g/mol. The molecule has 0 aliphatic heterocycles. The van der Waals surface area contributed by atoms with E-state index in [2.05, 4.69) is 39.5 Å². The zero-order valence-corrected chi connectivity index (χ0v) is 17.7. The molecule has 0 aliphatic carbocycles. The van der Waals surface area contributed by atoms with Crippen LogP contribution in [-0.2, 0) is 0 Å². The van der Waals surface area contributed by atoms with E-state index < -0.39 is 0 Å². The van der Waals surface area contributed by atoms with Crippen molar-refractivity contribution in [2.75, 3.05) is 5.32 Å². The third-order valence-corrected chi connectivity index (χ3v) is 5.77. The normalized spacial score (nSPS) is 10.9. The number of hydrogen-bond acceptors (Lipinski definition) is 7. The Bertz CT molecular complexity index is 1070. The van der Waals surface area contributed by atoms with Gasteiger partial charge in [0.05, 0.1) is 5.69 Å². The molecule has 146 valence electrons. The van der Waals surface area contributed by atoms with Gasteiger partial charge in [-0.05, 0) is 30.2 Å². The molecule has 29 heavy (non-hydrogen) atoms. The van der Waals surface area contributed by atoms with Crippen molar-refractivity contribution in [3.63, 3.8) is 0 Å². The highest BCUT2D eigenvalue weighted by molar-refractivity contribution is 7.99. The van der Waals surface area contributed by atoms with Crippen LogP contribution in [0.25, 0.3) is 0 Å². The molecular formula is C22H20N4OS2. The van der Waals surface area contributed by atoms with Crippen LogP contribution in [0.3, 0.4) is 0 Å². The lowest BCUT2D eigenvalue weighted by atomic mass is 10.2. The third kappa shape index (κ3) is 5.13. The van der Waals surface area contributed by atoms with Gasteiger partial charge in [0, 0.05) is 39.8 Å². The van der Waals surface area contributed by atoms with Crippen LogP contribution in [0.2, 0.25) is 0 Å². The van der Waals surface area contributed by atoms with Gasteiger partial charge in [0.1, 0.15) is 5.75 Å². The highest BCUT2D eigenvalue weighted by Crippen LogP contribution is 2.36. The molecule has 0 aliphatic rings. The van der Waals surface area contributed by atoms with E-state index in [4.69, 9.17) is 4.74 Å². The predicted octanol–water partition coefficient (Wildman–Crippen LogP) is 6.74. The maximum atomic E-state index is 6.14. The van der Waals surface area contributed by atoms with Crippen molar-refractivity contribution in [3.05, 3.63) is 78.2 Å². The van der Waals surface area contributed by atoms with E-state index in [0.717, 1.165) is 26.4 Å². The summed E-state index contributed by atoms with van der Waals surface area (Å²) < 4.78 is 6.14. The fourth-order valence-corrected chi connectivity index (χ4v) is 4.19. The Balaban J connectivity index is 1.63. The number of pyridine rings is 2. The number of hydrogen-bond donors (Lipinski definition) is 1. The van der Waals surface area contributed by atoms with Crippen LogP contribution in [-0.4, -0.2) is 15.0 Å². The van der Waals surface area contributed by atoms with E-state index in [1.54, 1.807) is 35.5 Å². The quantitative estimate of drug-likeness (QED) is 0.357. The van der Waals surface area contributed by atoms with Gasteiger partial charge in [-0.3, -0.25) is 4.98 Å². The average molecular weight is 421 g/mol. The molecule has 0 fully saturated rings. The molecule has 0 atom stereocenters. The number of nitrogens with zero attached hydrogens (tertiary/aromatic N) is 3. The first-order valence-corrected chi connectivity index (χ1v) is 10.9. The van der Waals surface area contributed by atoms with Crippen molar-refractivity contribution >= 4 is 34.0 Å². The number of aromatic nitrogens is 3. The van der Waals surface area contributed by atoms with Crippen LogP contribution < -0.4 is 10.1 Å². The van der Waals surface area contributed by atoms with E-state index in [9.17, 15) is 0 Å². The standard InChI is InChI=1S/C22H20N4OS2/c1-15(2)19-14-28-22(25-19)26-21-20(27-16-6-4-3-5-7-16)12-18(13-24-21)29-17-8-10-23-11-9-17/h3-15H,1-2H3,(H,24,25,26). The Morgan fingerprint density at radius 1 is 1.03 bits per heavy atom. The van der Waals surface area contributed by atoms with Crippen molar-refractivity contribution < 1.29 is 4.74 Å². The molecule has 0 radical (unpaired) electrons. The Hall–Kier alpha value is -2.90.